The Kier molecular flexibility index (Phi) is 5.09. The van der Waals surface area contributed by atoms with Crippen molar-refractivity contribution < 1.29 is 13.9 Å². The number of nitrogens with two attached hydrogens (primary N) is 1. The van der Waals surface area contributed by atoms with E-state index in [2.05, 4.69) is 4.98 Å². The molecule has 1 aromatic rings. The number of aromatic nitrogens is 1. The van der Waals surface area contributed by atoms with Crippen LogP contribution in [0.4, 0.5) is 20.4 Å². The molecule has 1 heterocycles. The van der Waals surface area contributed by atoms with Gasteiger partial charge in [-0.05, 0) is 6.42 Å². The van der Waals surface area contributed by atoms with E-state index in [0.717, 1.165) is 12.8 Å². The van der Waals surface area contributed by atoms with Crippen molar-refractivity contribution in [3.63, 3.8) is 0 Å². The predicted molar refractivity (Wildman–Crippen MR) is 62.8 cm³/mol. The summed E-state index contributed by atoms with van der Waals surface area (Å²) in [5.74, 6) is -1.97. The van der Waals surface area contributed by atoms with Crippen molar-refractivity contribution in [3.8, 4) is 0 Å². The van der Waals surface area contributed by atoms with Gasteiger partial charge in [0.15, 0.2) is 23.3 Å². The molecule has 0 aromatic carbocycles. The normalized spacial score (nSPS) is 10.6. The van der Waals surface area contributed by atoms with Gasteiger partial charge < -0.3 is 15.7 Å². The van der Waals surface area contributed by atoms with E-state index >= 15 is 0 Å². The third-order valence-corrected chi connectivity index (χ3v) is 2.39. The summed E-state index contributed by atoms with van der Waals surface area (Å²) in [5.41, 5.74) is 5.31. The second-order valence-electron chi connectivity index (χ2n) is 3.73. The van der Waals surface area contributed by atoms with E-state index in [9.17, 15) is 8.78 Å². The standard InChI is InChI=1S/C11H17F2N3O/c1-2-3-4-16(5-6-17)11-9(13)7-8(12)10(14)15-11/h7,17H,2-6H2,1H3,(H2,14,15). The molecule has 1 aromatic heterocycles. The zero-order chi connectivity index (χ0) is 12.8. The third kappa shape index (κ3) is 3.52. The summed E-state index contributed by atoms with van der Waals surface area (Å²) >= 11 is 0. The second kappa shape index (κ2) is 6.34. The smallest absolute Gasteiger partial charge is 0.168 e. The first-order chi connectivity index (χ1) is 8.10. The number of aliphatic hydroxyl groups excluding tert-OH is 1. The molecule has 0 unspecified atom stereocenters. The summed E-state index contributed by atoms with van der Waals surface area (Å²) in [7, 11) is 0. The molecular weight excluding hydrogens is 228 g/mol. The fourth-order valence-electron chi connectivity index (χ4n) is 1.49. The zero-order valence-electron chi connectivity index (χ0n) is 9.79. The van der Waals surface area contributed by atoms with Crippen LogP contribution in [0.15, 0.2) is 6.07 Å². The zero-order valence-corrected chi connectivity index (χ0v) is 9.79. The van der Waals surface area contributed by atoms with Gasteiger partial charge in [0.1, 0.15) is 0 Å². The molecule has 3 N–H and O–H groups in total. The van der Waals surface area contributed by atoms with Crippen LogP contribution in [0.2, 0.25) is 0 Å². The summed E-state index contributed by atoms with van der Waals surface area (Å²) in [6, 6.07) is 0.716. The maximum absolute atomic E-state index is 13.5. The fraction of sp³-hybridized carbons (Fsp3) is 0.545. The van der Waals surface area contributed by atoms with E-state index in [1.807, 2.05) is 6.92 Å². The maximum Gasteiger partial charge on any atom is 0.168 e. The monoisotopic (exact) mass is 245 g/mol. The van der Waals surface area contributed by atoms with Crippen molar-refractivity contribution in [1.29, 1.82) is 0 Å². The molecule has 0 saturated heterocycles. The molecule has 0 amide bonds. The molecule has 0 aliphatic heterocycles. The maximum atomic E-state index is 13.5. The van der Waals surface area contributed by atoms with E-state index in [4.69, 9.17) is 10.8 Å². The van der Waals surface area contributed by atoms with Crippen LogP contribution in [0.5, 0.6) is 0 Å². The molecule has 0 fully saturated rings. The Labute approximate surface area is 99.1 Å². The highest BCUT2D eigenvalue weighted by Crippen LogP contribution is 2.20. The van der Waals surface area contributed by atoms with Crippen LogP contribution in [-0.2, 0) is 0 Å². The molecule has 0 aliphatic carbocycles. The first kappa shape index (κ1) is 13.6. The highest BCUT2D eigenvalue weighted by molar-refractivity contribution is 5.47. The number of hydrogen-bond donors (Lipinski definition) is 2. The number of nitrogens with zero attached hydrogens (tertiary/aromatic N) is 2. The minimum Gasteiger partial charge on any atom is -0.395 e. The lowest BCUT2D eigenvalue weighted by Gasteiger charge is -2.23. The lowest BCUT2D eigenvalue weighted by atomic mass is 10.3. The molecule has 17 heavy (non-hydrogen) atoms. The van der Waals surface area contributed by atoms with Gasteiger partial charge >= 0.3 is 0 Å². The SMILES string of the molecule is CCCCN(CCO)c1nc(N)c(F)cc1F. The average molecular weight is 245 g/mol. The van der Waals surface area contributed by atoms with E-state index < -0.39 is 11.6 Å². The molecule has 0 spiro atoms. The summed E-state index contributed by atoms with van der Waals surface area (Å²) < 4.78 is 26.5. The number of rotatable bonds is 6. The van der Waals surface area contributed by atoms with E-state index in [1.165, 1.54) is 0 Å². The van der Waals surface area contributed by atoms with Gasteiger partial charge in [0, 0.05) is 19.2 Å². The molecule has 0 aliphatic rings. The van der Waals surface area contributed by atoms with Crippen molar-refractivity contribution >= 4 is 11.6 Å². The fourth-order valence-corrected chi connectivity index (χ4v) is 1.49. The Morgan fingerprint density at radius 2 is 2.06 bits per heavy atom. The Balaban J connectivity index is 2.96. The molecular formula is C11H17F2N3O. The Morgan fingerprint density at radius 3 is 2.65 bits per heavy atom. The van der Waals surface area contributed by atoms with Crippen molar-refractivity contribution in [2.45, 2.75) is 19.8 Å². The van der Waals surface area contributed by atoms with E-state index in [-0.39, 0.29) is 24.8 Å². The van der Waals surface area contributed by atoms with Crippen LogP contribution >= 0.6 is 0 Å². The highest BCUT2D eigenvalue weighted by Gasteiger charge is 2.15. The molecule has 1 rings (SSSR count). The lowest BCUT2D eigenvalue weighted by Crippen LogP contribution is -2.29. The molecule has 0 bridgehead atoms. The number of pyridine rings is 1. The van der Waals surface area contributed by atoms with E-state index in [0.29, 0.717) is 12.6 Å². The van der Waals surface area contributed by atoms with Crippen LogP contribution in [0, 0.1) is 11.6 Å². The van der Waals surface area contributed by atoms with Crippen molar-refractivity contribution in [2.75, 3.05) is 30.3 Å². The van der Waals surface area contributed by atoms with Gasteiger partial charge in [0.25, 0.3) is 0 Å². The largest absolute Gasteiger partial charge is 0.395 e. The van der Waals surface area contributed by atoms with E-state index in [1.54, 1.807) is 4.90 Å². The van der Waals surface area contributed by atoms with Gasteiger partial charge in [-0.15, -0.1) is 0 Å². The molecule has 6 heteroatoms. The van der Waals surface area contributed by atoms with Crippen molar-refractivity contribution in [1.82, 2.24) is 4.98 Å². The number of nitrogen functional groups attached to an aromatic ring is 1. The second-order valence-corrected chi connectivity index (χ2v) is 3.73. The molecule has 0 saturated carbocycles. The number of unbranched alkanes of at least 4 members (excludes halogenated alkanes) is 1. The summed E-state index contributed by atoms with van der Waals surface area (Å²) in [4.78, 5) is 5.25. The Hall–Kier alpha value is -1.43. The first-order valence-corrected chi connectivity index (χ1v) is 5.57. The average Bonchev–Trinajstić information content (AvgIpc) is 2.29. The van der Waals surface area contributed by atoms with Crippen LogP contribution in [-0.4, -0.2) is 29.8 Å². The quantitative estimate of drug-likeness (QED) is 0.798. The Bertz CT molecular complexity index is 374. The van der Waals surface area contributed by atoms with Crippen LogP contribution in [0.1, 0.15) is 19.8 Å². The van der Waals surface area contributed by atoms with Gasteiger partial charge in [0.05, 0.1) is 6.61 Å². The summed E-state index contributed by atoms with van der Waals surface area (Å²) in [6.45, 7) is 2.67. The minimum atomic E-state index is -0.870. The van der Waals surface area contributed by atoms with Gasteiger partial charge in [0.2, 0.25) is 0 Å². The molecule has 0 radical (unpaired) electrons. The van der Waals surface area contributed by atoms with Gasteiger partial charge in [-0.1, -0.05) is 13.3 Å². The lowest BCUT2D eigenvalue weighted by molar-refractivity contribution is 0.300. The van der Waals surface area contributed by atoms with Crippen molar-refractivity contribution in [2.24, 2.45) is 0 Å². The van der Waals surface area contributed by atoms with Gasteiger partial charge in [-0.2, -0.15) is 0 Å². The summed E-state index contributed by atoms with van der Waals surface area (Å²) in [5, 5.41) is 8.91. The van der Waals surface area contributed by atoms with Crippen LogP contribution in [0.25, 0.3) is 0 Å². The van der Waals surface area contributed by atoms with Crippen LogP contribution in [0.3, 0.4) is 0 Å². The number of halogens is 2. The molecule has 0 atom stereocenters. The topological polar surface area (TPSA) is 62.4 Å². The number of aliphatic hydroxyl groups is 1. The number of anilines is 2. The molecule has 96 valence electrons. The summed E-state index contributed by atoms with van der Waals surface area (Å²) in [6.07, 6.45) is 1.76. The highest BCUT2D eigenvalue weighted by atomic mass is 19.1. The minimum absolute atomic E-state index is 0.00796. The Morgan fingerprint density at radius 1 is 1.35 bits per heavy atom. The van der Waals surface area contributed by atoms with Crippen molar-refractivity contribution in [3.05, 3.63) is 17.7 Å². The predicted octanol–water partition coefficient (Wildman–Crippen LogP) is 1.54. The van der Waals surface area contributed by atoms with Crippen LogP contribution < -0.4 is 10.6 Å². The first-order valence-electron chi connectivity index (χ1n) is 5.57. The number of hydrogen-bond acceptors (Lipinski definition) is 4. The third-order valence-electron chi connectivity index (χ3n) is 2.39. The van der Waals surface area contributed by atoms with Gasteiger partial charge in [-0.25, -0.2) is 13.8 Å². The molecule has 4 nitrogen and oxygen atoms in total. The van der Waals surface area contributed by atoms with Gasteiger partial charge in [-0.3, -0.25) is 0 Å².